The Kier molecular flexibility index (Phi) is 5.78. The summed E-state index contributed by atoms with van der Waals surface area (Å²) in [5.74, 6) is 0. The quantitative estimate of drug-likeness (QED) is 0.487. The van der Waals surface area contributed by atoms with Crippen molar-refractivity contribution in [2.75, 3.05) is 0 Å². The fourth-order valence-electron chi connectivity index (χ4n) is 1.58. The van der Waals surface area contributed by atoms with Crippen LogP contribution in [0.2, 0.25) is 0 Å². The van der Waals surface area contributed by atoms with Crippen LogP contribution >= 0.6 is 9.69 Å². The van der Waals surface area contributed by atoms with Gasteiger partial charge in [0, 0.05) is 0 Å². The van der Waals surface area contributed by atoms with Gasteiger partial charge in [0.1, 0.15) is 0 Å². The molecule has 0 saturated heterocycles. The van der Waals surface area contributed by atoms with E-state index in [0.29, 0.717) is 0 Å². The second-order valence-electron chi connectivity index (χ2n) is 3.60. The van der Waals surface area contributed by atoms with Gasteiger partial charge in [0.25, 0.3) is 0 Å². The van der Waals surface area contributed by atoms with Crippen molar-refractivity contribution >= 4 is 9.69 Å². The predicted molar refractivity (Wildman–Crippen MR) is 60.4 cm³/mol. The van der Waals surface area contributed by atoms with Gasteiger partial charge in [-0.15, -0.1) is 22.3 Å². The van der Waals surface area contributed by atoms with E-state index in [0.717, 1.165) is 17.3 Å². The Labute approximate surface area is 102 Å². The number of benzene rings is 1. The van der Waals surface area contributed by atoms with Crippen LogP contribution < -0.4 is 0 Å². The molecule has 0 nitrogen and oxygen atoms in total. The van der Waals surface area contributed by atoms with Gasteiger partial charge in [-0.1, -0.05) is 33.3 Å². The first-order valence-corrected chi connectivity index (χ1v) is 8.52. The summed E-state index contributed by atoms with van der Waals surface area (Å²) >= 11 is 0.847. The third-order valence-corrected chi connectivity index (χ3v) is 3.16. The van der Waals surface area contributed by atoms with E-state index in [1.54, 1.807) is 0 Å². The minimum absolute atomic E-state index is 0.847. The number of hydrogen-bond acceptors (Lipinski definition) is 0. The summed E-state index contributed by atoms with van der Waals surface area (Å²) in [6, 6.07) is 0. The van der Waals surface area contributed by atoms with Crippen molar-refractivity contribution in [2.24, 2.45) is 0 Å². The van der Waals surface area contributed by atoms with E-state index >= 15 is 0 Å². The Morgan fingerprint density at radius 1 is 0.714 bits per heavy atom. The van der Waals surface area contributed by atoms with Crippen molar-refractivity contribution in [3.63, 3.8) is 0 Å². The van der Waals surface area contributed by atoms with Crippen molar-refractivity contribution in [3.8, 4) is 0 Å². The third kappa shape index (κ3) is 2.52. The van der Waals surface area contributed by atoms with Gasteiger partial charge in [0.15, 0.2) is 0 Å². The minimum atomic E-state index is 0.847. The van der Waals surface area contributed by atoms with E-state index in [1.165, 1.54) is 33.4 Å². The molecule has 0 aliphatic heterocycles. The van der Waals surface area contributed by atoms with Gasteiger partial charge in [-0.25, -0.2) is 0 Å². The van der Waals surface area contributed by atoms with E-state index < -0.39 is 0 Å². The van der Waals surface area contributed by atoms with E-state index in [9.17, 15) is 0 Å². The maximum atomic E-state index is 4.76. The Balaban J connectivity index is 0.000000791. The zero-order chi connectivity index (χ0) is 11.5. The van der Waals surface area contributed by atoms with Gasteiger partial charge in [-0.3, -0.25) is 0 Å². The summed E-state index contributed by atoms with van der Waals surface area (Å²) < 4.78 is 0. The van der Waals surface area contributed by atoms with E-state index in [1.807, 2.05) is 0 Å². The first kappa shape index (κ1) is 14.0. The van der Waals surface area contributed by atoms with Crippen LogP contribution in [-0.4, -0.2) is 0 Å². The molecule has 0 aliphatic rings. The van der Waals surface area contributed by atoms with Gasteiger partial charge in [-0.05, 0) is 6.92 Å². The second-order valence-corrected chi connectivity index (χ2v) is 3.60. The normalized spacial score (nSPS) is 9.43. The van der Waals surface area contributed by atoms with Crippen molar-refractivity contribution in [1.29, 1.82) is 0 Å². The van der Waals surface area contributed by atoms with Crippen LogP contribution in [0.4, 0.5) is 0 Å². The Morgan fingerprint density at radius 3 is 1.21 bits per heavy atom. The maximum absolute atomic E-state index is 4.76. The molecule has 0 N–H and O–H groups in total. The van der Waals surface area contributed by atoms with Crippen molar-refractivity contribution in [1.82, 2.24) is 0 Å². The molecular weight excluding hydrogens is 245 g/mol. The predicted octanol–water partition coefficient (Wildman–Crippen LogP) is 4.10. The molecule has 0 saturated carbocycles. The molecule has 1 rings (SSSR count). The zero-order valence-electron chi connectivity index (χ0n) is 9.79. The summed E-state index contributed by atoms with van der Waals surface area (Å²) in [6.45, 7) is 14.9. The Hall–Kier alpha value is 0.00338. The summed E-state index contributed by atoms with van der Waals surface area (Å²) in [5.41, 5.74) is 8.09. The monoisotopic (exact) mass is 260 g/mol. The molecule has 0 spiro atoms. The molecule has 0 radical (unpaired) electrons. The number of rotatable bonds is 0. The van der Waals surface area contributed by atoms with Crippen LogP contribution in [0.1, 0.15) is 33.4 Å². The molecule has 1 aromatic carbocycles. The Morgan fingerprint density at radius 2 is 0.929 bits per heavy atom. The first-order chi connectivity index (χ1) is 6.46. The van der Waals surface area contributed by atoms with Crippen molar-refractivity contribution in [2.45, 2.75) is 34.6 Å². The fraction of sp³-hybridized carbons (Fsp3) is 0.417. The molecule has 0 bridgehead atoms. The van der Waals surface area contributed by atoms with Crippen LogP contribution in [0.3, 0.4) is 0 Å². The standard InChI is InChI=1S/C12H17.ClH.Zn/c1-7-8(2)10(4)12(6)11(5)9(7)3;;/h1H2,2-6H3;1H;/q-1;;+2/p-1. The average molecular weight is 262 g/mol. The summed E-state index contributed by atoms with van der Waals surface area (Å²) in [6.07, 6.45) is 0. The fourth-order valence-corrected chi connectivity index (χ4v) is 1.58. The third-order valence-electron chi connectivity index (χ3n) is 3.16. The van der Waals surface area contributed by atoms with Gasteiger partial charge in [-0.2, -0.15) is 12.5 Å². The molecule has 14 heavy (non-hydrogen) atoms. The molecule has 0 unspecified atom stereocenters. The molecule has 74 valence electrons. The zero-order valence-corrected chi connectivity index (χ0v) is 13.5. The Bertz CT molecular complexity index is 225. The molecule has 0 amide bonds. The number of halogens is 1. The molecule has 0 fully saturated rings. The molecular formula is C12H17ClZn. The van der Waals surface area contributed by atoms with Crippen LogP contribution in [0.25, 0.3) is 0 Å². The summed E-state index contributed by atoms with van der Waals surface area (Å²) in [5, 5.41) is 0. The SMILES string of the molecule is [CH2-]c1c(C)c(C)c(C)c(C)c1C.[Cl][Zn+]. The summed E-state index contributed by atoms with van der Waals surface area (Å²) in [4.78, 5) is 0. The molecule has 0 aliphatic carbocycles. The van der Waals surface area contributed by atoms with Gasteiger partial charge in [0.05, 0.1) is 0 Å². The van der Waals surface area contributed by atoms with Crippen LogP contribution in [0.15, 0.2) is 0 Å². The molecule has 0 atom stereocenters. The number of hydrogen-bond donors (Lipinski definition) is 0. The first-order valence-electron chi connectivity index (χ1n) is 4.62. The molecule has 1 aromatic rings. The van der Waals surface area contributed by atoms with Crippen LogP contribution in [-0.2, 0) is 17.3 Å². The van der Waals surface area contributed by atoms with E-state index in [-0.39, 0.29) is 0 Å². The van der Waals surface area contributed by atoms with Crippen molar-refractivity contribution in [3.05, 3.63) is 40.3 Å². The van der Waals surface area contributed by atoms with E-state index in [2.05, 4.69) is 41.5 Å². The van der Waals surface area contributed by atoms with Gasteiger partial charge >= 0.3 is 27.0 Å². The molecule has 0 aromatic heterocycles. The van der Waals surface area contributed by atoms with Crippen LogP contribution in [0, 0.1) is 41.5 Å². The molecule has 0 heterocycles. The van der Waals surface area contributed by atoms with Crippen LogP contribution in [0.5, 0.6) is 0 Å². The van der Waals surface area contributed by atoms with Crippen molar-refractivity contribution < 1.29 is 17.3 Å². The topological polar surface area (TPSA) is 0 Å². The average Bonchev–Trinajstić information content (AvgIpc) is 2.24. The van der Waals surface area contributed by atoms with Gasteiger partial charge in [0.2, 0.25) is 0 Å². The second kappa shape index (κ2) is 5.78. The molecule has 2 heteroatoms. The van der Waals surface area contributed by atoms with Gasteiger partial charge < -0.3 is 0 Å². The summed E-state index contributed by atoms with van der Waals surface area (Å²) in [7, 11) is 4.76. The van der Waals surface area contributed by atoms with E-state index in [4.69, 9.17) is 9.69 Å².